The third-order valence-electron chi connectivity index (χ3n) is 3.13. The lowest BCUT2D eigenvalue weighted by Gasteiger charge is -2.17. The molecule has 0 unspecified atom stereocenters. The highest BCUT2D eigenvalue weighted by molar-refractivity contribution is 5.94. The molecule has 4 nitrogen and oxygen atoms in total. The molecule has 0 aliphatic heterocycles. The normalized spacial score (nSPS) is 12.1. The van der Waals surface area contributed by atoms with E-state index in [-0.39, 0.29) is 24.3 Å². The second kappa shape index (κ2) is 6.92. The summed E-state index contributed by atoms with van der Waals surface area (Å²) < 4.78 is 0. The summed E-state index contributed by atoms with van der Waals surface area (Å²) in [6.45, 7) is 7.89. The van der Waals surface area contributed by atoms with Crippen molar-refractivity contribution in [3.8, 4) is 0 Å². The monoisotopic (exact) mass is 262 g/mol. The molecule has 1 rings (SSSR count). The Bertz CT molecular complexity index is 438. The maximum absolute atomic E-state index is 11.7. The molecule has 0 aliphatic carbocycles. The van der Waals surface area contributed by atoms with Crippen LogP contribution in [0.5, 0.6) is 0 Å². The number of benzene rings is 1. The van der Waals surface area contributed by atoms with Gasteiger partial charge in [0.1, 0.15) is 0 Å². The van der Waals surface area contributed by atoms with Crippen molar-refractivity contribution >= 4 is 17.4 Å². The van der Waals surface area contributed by atoms with E-state index in [1.54, 1.807) is 24.3 Å². The average Bonchev–Trinajstić information content (AvgIpc) is 2.36. The summed E-state index contributed by atoms with van der Waals surface area (Å²) in [5.74, 6) is 0.422. The van der Waals surface area contributed by atoms with Crippen LogP contribution in [-0.4, -0.2) is 24.3 Å². The molecule has 2 N–H and O–H groups in total. The topological polar surface area (TPSA) is 58.2 Å². The van der Waals surface area contributed by atoms with Gasteiger partial charge in [-0.1, -0.05) is 13.8 Å². The van der Waals surface area contributed by atoms with Crippen LogP contribution in [0.1, 0.15) is 38.1 Å². The fraction of sp³-hybridized carbons (Fsp3) is 0.467. The molecule has 0 aromatic heterocycles. The van der Waals surface area contributed by atoms with Crippen molar-refractivity contribution < 1.29 is 9.59 Å². The van der Waals surface area contributed by atoms with Crippen LogP contribution in [0.2, 0.25) is 0 Å². The second-order valence-electron chi connectivity index (χ2n) is 5.09. The van der Waals surface area contributed by atoms with Gasteiger partial charge in [-0.25, -0.2) is 0 Å². The van der Waals surface area contributed by atoms with Crippen molar-refractivity contribution in [1.82, 2.24) is 5.32 Å². The second-order valence-corrected chi connectivity index (χ2v) is 5.09. The van der Waals surface area contributed by atoms with Gasteiger partial charge >= 0.3 is 0 Å². The number of amides is 1. The summed E-state index contributed by atoms with van der Waals surface area (Å²) >= 11 is 0. The van der Waals surface area contributed by atoms with Crippen LogP contribution in [0.25, 0.3) is 0 Å². The fourth-order valence-electron chi connectivity index (χ4n) is 1.48. The van der Waals surface area contributed by atoms with Crippen molar-refractivity contribution in [1.29, 1.82) is 0 Å². The van der Waals surface area contributed by atoms with Crippen LogP contribution in [0.4, 0.5) is 5.69 Å². The number of carbonyl (C=O) groups is 2. The Morgan fingerprint density at radius 3 is 2.16 bits per heavy atom. The maximum atomic E-state index is 11.7. The molecule has 0 radical (unpaired) electrons. The summed E-state index contributed by atoms with van der Waals surface area (Å²) in [4.78, 5) is 22.8. The van der Waals surface area contributed by atoms with Crippen LogP contribution < -0.4 is 10.6 Å². The minimum absolute atomic E-state index is 0.0307. The number of anilines is 1. The predicted octanol–water partition coefficient (Wildman–Crippen LogP) is 2.46. The molecule has 4 heteroatoms. The Kier molecular flexibility index (Phi) is 5.55. The molecule has 104 valence electrons. The Labute approximate surface area is 114 Å². The number of hydrogen-bond donors (Lipinski definition) is 2. The van der Waals surface area contributed by atoms with Gasteiger partial charge in [0, 0.05) is 17.3 Å². The quantitative estimate of drug-likeness (QED) is 0.774. The van der Waals surface area contributed by atoms with Crippen LogP contribution >= 0.6 is 0 Å². The van der Waals surface area contributed by atoms with E-state index in [9.17, 15) is 9.59 Å². The van der Waals surface area contributed by atoms with E-state index in [4.69, 9.17) is 0 Å². The van der Waals surface area contributed by atoms with Crippen LogP contribution in [0.15, 0.2) is 24.3 Å². The van der Waals surface area contributed by atoms with E-state index in [1.165, 1.54) is 6.92 Å². The minimum Gasteiger partial charge on any atom is -0.376 e. The van der Waals surface area contributed by atoms with Gasteiger partial charge in [0.25, 0.3) is 0 Å². The zero-order chi connectivity index (χ0) is 14.4. The van der Waals surface area contributed by atoms with Gasteiger partial charge in [-0.05, 0) is 44.0 Å². The van der Waals surface area contributed by atoms with Gasteiger partial charge in [0.05, 0.1) is 6.54 Å². The van der Waals surface area contributed by atoms with Gasteiger partial charge < -0.3 is 10.6 Å². The van der Waals surface area contributed by atoms with E-state index >= 15 is 0 Å². The van der Waals surface area contributed by atoms with Gasteiger partial charge in [-0.2, -0.15) is 0 Å². The first kappa shape index (κ1) is 15.2. The van der Waals surface area contributed by atoms with Crippen LogP contribution in [0, 0.1) is 5.92 Å². The fourth-order valence-corrected chi connectivity index (χ4v) is 1.48. The van der Waals surface area contributed by atoms with E-state index in [0.29, 0.717) is 11.5 Å². The van der Waals surface area contributed by atoms with Crippen LogP contribution in [0.3, 0.4) is 0 Å². The van der Waals surface area contributed by atoms with E-state index in [0.717, 1.165) is 5.69 Å². The molecule has 1 atom stereocenters. The molecular formula is C15H22N2O2. The SMILES string of the molecule is CC(=O)c1ccc(NCC(=O)N[C@H](C)C(C)C)cc1. The maximum Gasteiger partial charge on any atom is 0.239 e. The first-order valence-corrected chi connectivity index (χ1v) is 6.54. The smallest absolute Gasteiger partial charge is 0.239 e. The Morgan fingerprint density at radius 2 is 1.68 bits per heavy atom. The van der Waals surface area contributed by atoms with Crippen molar-refractivity contribution in [2.24, 2.45) is 5.92 Å². The summed E-state index contributed by atoms with van der Waals surface area (Å²) in [5.41, 5.74) is 1.50. The summed E-state index contributed by atoms with van der Waals surface area (Å²) in [7, 11) is 0. The highest BCUT2D eigenvalue weighted by Gasteiger charge is 2.10. The molecule has 0 heterocycles. The molecule has 0 saturated heterocycles. The van der Waals surface area contributed by atoms with Crippen molar-refractivity contribution in [2.45, 2.75) is 33.7 Å². The van der Waals surface area contributed by atoms with Crippen molar-refractivity contribution in [3.63, 3.8) is 0 Å². The number of carbonyl (C=O) groups excluding carboxylic acids is 2. The number of Topliss-reactive ketones (excluding diaryl/α,β-unsaturated/α-hetero) is 1. The molecule has 0 spiro atoms. The van der Waals surface area contributed by atoms with E-state index in [1.807, 2.05) is 6.92 Å². The third kappa shape index (κ3) is 5.12. The predicted molar refractivity (Wildman–Crippen MR) is 77.4 cm³/mol. The lowest BCUT2D eigenvalue weighted by Crippen LogP contribution is -2.39. The first-order chi connectivity index (χ1) is 8.90. The summed E-state index contributed by atoms with van der Waals surface area (Å²) in [5, 5.41) is 5.96. The molecule has 0 bridgehead atoms. The lowest BCUT2D eigenvalue weighted by molar-refractivity contribution is -0.120. The van der Waals surface area contributed by atoms with E-state index in [2.05, 4.69) is 24.5 Å². The van der Waals surface area contributed by atoms with Crippen molar-refractivity contribution in [2.75, 3.05) is 11.9 Å². The highest BCUT2D eigenvalue weighted by atomic mass is 16.2. The average molecular weight is 262 g/mol. The zero-order valence-corrected chi connectivity index (χ0v) is 12.0. The Balaban J connectivity index is 2.44. The zero-order valence-electron chi connectivity index (χ0n) is 12.0. The van der Waals surface area contributed by atoms with Crippen molar-refractivity contribution in [3.05, 3.63) is 29.8 Å². The molecule has 1 amide bonds. The molecule has 1 aromatic carbocycles. The summed E-state index contributed by atoms with van der Waals surface area (Å²) in [6.07, 6.45) is 0. The lowest BCUT2D eigenvalue weighted by atomic mass is 10.1. The largest absolute Gasteiger partial charge is 0.376 e. The Morgan fingerprint density at radius 1 is 1.11 bits per heavy atom. The molecule has 19 heavy (non-hydrogen) atoms. The standard InChI is InChI=1S/C15H22N2O2/c1-10(2)11(3)17-15(19)9-16-14-7-5-13(6-8-14)12(4)18/h5-8,10-11,16H,9H2,1-4H3,(H,17,19)/t11-/m1/s1. The molecule has 0 aliphatic rings. The first-order valence-electron chi connectivity index (χ1n) is 6.54. The number of nitrogens with one attached hydrogen (secondary N) is 2. The molecule has 0 saturated carbocycles. The molecular weight excluding hydrogens is 240 g/mol. The Hall–Kier alpha value is -1.84. The summed E-state index contributed by atoms with van der Waals surface area (Å²) in [6, 6.07) is 7.26. The number of rotatable bonds is 6. The van der Waals surface area contributed by atoms with Gasteiger partial charge in [-0.3, -0.25) is 9.59 Å². The minimum atomic E-state index is -0.0307. The number of hydrogen-bond acceptors (Lipinski definition) is 3. The van der Waals surface area contributed by atoms with Gasteiger partial charge in [-0.15, -0.1) is 0 Å². The van der Waals surface area contributed by atoms with Gasteiger partial charge in [0.15, 0.2) is 5.78 Å². The molecule has 1 aromatic rings. The van der Waals surface area contributed by atoms with E-state index < -0.39 is 0 Å². The number of ketones is 1. The van der Waals surface area contributed by atoms with Gasteiger partial charge in [0.2, 0.25) is 5.91 Å². The van der Waals surface area contributed by atoms with Crippen LogP contribution in [-0.2, 0) is 4.79 Å². The molecule has 0 fully saturated rings. The third-order valence-corrected chi connectivity index (χ3v) is 3.13. The highest BCUT2D eigenvalue weighted by Crippen LogP contribution is 2.09.